The summed E-state index contributed by atoms with van der Waals surface area (Å²) < 4.78 is 10.3. The number of hydrogen-bond donors (Lipinski definition) is 0. The zero-order valence-electron chi connectivity index (χ0n) is 28.1. The van der Waals surface area contributed by atoms with Crippen molar-refractivity contribution in [2.24, 2.45) is 0 Å². The SMILES string of the molecule is Cc1ccc2n1C1c3c4cc(-c5cc(C(C)(C)C)ccc5-c5ccccc5)cc3-c3ccc5c6ccccc6n-2c5[n+]3C1[n+]1ccccc1-4. The van der Waals surface area contributed by atoms with Crippen molar-refractivity contribution >= 4 is 21.9 Å². The molecule has 4 aromatic carbocycles. The van der Waals surface area contributed by atoms with Crippen LogP contribution >= 0.6 is 0 Å². The van der Waals surface area contributed by atoms with E-state index in [0.717, 1.165) is 0 Å². The van der Waals surface area contributed by atoms with Crippen LogP contribution in [-0.2, 0) is 5.41 Å². The lowest BCUT2D eigenvalue weighted by molar-refractivity contribution is -0.932. The van der Waals surface area contributed by atoms with Gasteiger partial charge in [-0.2, -0.15) is 13.7 Å². The van der Waals surface area contributed by atoms with E-state index in [1.807, 2.05) is 0 Å². The molecule has 4 bridgehead atoms. The molecule has 4 aromatic heterocycles. The van der Waals surface area contributed by atoms with Gasteiger partial charge < -0.3 is 0 Å². The van der Waals surface area contributed by atoms with Gasteiger partial charge in [-0.3, -0.25) is 4.57 Å². The summed E-state index contributed by atoms with van der Waals surface area (Å²) in [5.74, 6) is 1.23. The van der Waals surface area contributed by atoms with Crippen molar-refractivity contribution < 1.29 is 9.13 Å². The van der Waals surface area contributed by atoms with Crippen LogP contribution in [0.2, 0.25) is 0 Å². The Balaban J connectivity index is 1.33. The zero-order valence-corrected chi connectivity index (χ0v) is 28.1. The van der Waals surface area contributed by atoms with Crippen LogP contribution in [0, 0.1) is 6.92 Å². The first-order valence-corrected chi connectivity index (χ1v) is 17.4. The van der Waals surface area contributed by atoms with Gasteiger partial charge in [-0.25, -0.2) is 0 Å². The highest BCUT2D eigenvalue weighted by Gasteiger charge is 2.55. The lowest BCUT2D eigenvalue weighted by Gasteiger charge is -2.36. The van der Waals surface area contributed by atoms with E-state index in [4.69, 9.17) is 0 Å². The molecule has 0 radical (unpaired) electrons. The van der Waals surface area contributed by atoms with Gasteiger partial charge in [-0.1, -0.05) is 81.4 Å². The van der Waals surface area contributed by atoms with E-state index in [1.54, 1.807) is 0 Å². The molecule has 2 atom stereocenters. The van der Waals surface area contributed by atoms with Crippen LogP contribution in [0.5, 0.6) is 0 Å². The zero-order chi connectivity index (χ0) is 32.8. The fraction of sp³-hybridized carbons (Fsp3) is 0.156. The molecule has 3 aliphatic heterocycles. The lowest BCUT2D eigenvalue weighted by atomic mass is 9.78. The molecule has 234 valence electrons. The number of rotatable bonds is 2. The molecular formula is C45H36N4+2. The molecule has 0 fully saturated rings. The Hall–Kier alpha value is -5.74. The van der Waals surface area contributed by atoms with E-state index in [2.05, 4.69) is 180 Å². The Bertz CT molecular complexity index is 2720. The number of hydrogen-bond acceptors (Lipinski definition) is 0. The third kappa shape index (κ3) is 3.43. The van der Waals surface area contributed by atoms with Crippen molar-refractivity contribution in [3.63, 3.8) is 0 Å². The average molecular weight is 633 g/mol. The molecule has 0 saturated carbocycles. The summed E-state index contributed by atoms with van der Waals surface area (Å²) in [5.41, 5.74) is 16.8. The summed E-state index contributed by atoms with van der Waals surface area (Å²) in [6.45, 7) is 9.21. The van der Waals surface area contributed by atoms with E-state index in [-0.39, 0.29) is 17.6 Å². The normalized spacial score (nSPS) is 16.6. The largest absolute Gasteiger partial charge is 0.325 e. The molecule has 0 N–H and O–H groups in total. The Kier molecular flexibility index (Phi) is 5.13. The number of benzene rings is 4. The monoisotopic (exact) mass is 632 g/mol. The van der Waals surface area contributed by atoms with Crippen LogP contribution in [0.1, 0.15) is 49.8 Å². The van der Waals surface area contributed by atoms with Gasteiger partial charge in [0.1, 0.15) is 11.2 Å². The van der Waals surface area contributed by atoms with Crippen LogP contribution < -0.4 is 9.13 Å². The predicted octanol–water partition coefficient (Wildman–Crippen LogP) is 9.71. The van der Waals surface area contributed by atoms with Gasteiger partial charge in [0.25, 0.3) is 0 Å². The molecule has 2 unspecified atom stereocenters. The number of aromatic nitrogens is 4. The molecule has 4 heteroatoms. The number of nitrogens with zero attached hydrogens (tertiary/aromatic N) is 4. The van der Waals surface area contributed by atoms with Crippen LogP contribution in [0.25, 0.3) is 72.5 Å². The molecule has 3 aliphatic rings. The Morgan fingerprint density at radius 3 is 2.22 bits per heavy atom. The molecule has 7 heterocycles. The van der Waals surface area contributed by atoms with Gasteiger partial charge in [0.05, 0.1) is 10.9 Å². The van der Waals surface area contributed by atoms with Gasteiger partial charge >= 0.3 is 11.8 Å². The molecular weight excluding hydrogens is 597 g/mol. The van der Waals surface area contributed by atoms with E-state index < -0.39 is 0 Å². The Morgan fingerprint density at radius 1 is 0.612 bits per heavy atom. The topological polar surface area (TPSA) is 17.6 Å². The minimum absolute atomic E-state index is 0.0236. The number of para-hydroxylation sites is 1. The van der Waals surface area contributed by atoms with Crippen molar-refractivity contribution in [2.75, 3.05) is 0 Å². The van der Waals surface area contributed by atoms with Crippen LogP contribution in [0.4, 0.5) is 0 Å². The smallest absolute Gasteiger partial charge is 0.294 e. The fourth-order valence-corrected chi connectivity index (χ4v) is 9.22. The molecule has 11 rings (SSSR count). The number of aryl methyl sites for hydroxylation is 1. The van der Waals surface area contributed by atoms with Gasteiger partial charge in [-0.05, 0) is 88.7 Å². The molecule has 4 nitrogen and oxygen atoms in total. The second-order valence-corrected chi connectivity index (χ2v) is 15.1. The minimum Gasteiger partial charge on any atom is -0.294 e. The first kappa shape index (κ1) is 27.2. The van der Waals surface area contributed by atoms with Crippen molar-refractivity contribution in [1.82, 2.24) is 9.13 Å². The summed E-state index contributed by atoms with van der Waals surface area (Å²) in [7, 11) is 0. The highest BCUT2D eigenvalue weighted by molar-refractivity contribution is 6.07. The number of fused-ring (bicyclic) bond motifs is 8. The van der Waals surface area contributed by atoms with Crippen molar-refractivity contribution in [1.29, 1.82) is 0 Å². The molecule has 0 amide bonds. The molecule has 8 aromatic rings. The second kappa shape index (κ2) is 9.24. The van der Waals surface area contributed by atoms with E-state index in [0.29, 0.717) is 0 Å². The first-order valence-electron chi connectivity index (χ1n) is 17.4. The summed E-state index contributed by atoms with van der Waals surface area (Å²) in [5, 5.41) is 2.58. The van der Waals surface area contributed by atoms with Crippen molar-refractivity contribution in [2.45, 2.75) is 45.3 Å². The predicted molar refractivity (Wildman–Crippen MR) is 197 cm³/mol. The van der Waals surface area contributed by atoms with E-state index >= 15 is 0 Å². The maximum absolute atomic E-state index is 2.66. The lowest BCUT2D eigenvalue weighted by Crippen LogP contribution is -2.65. The van der Waals surface area contributed by atoms with Gasteiger partial charge in [0.15, 0.2) is 12.2 Å². The maximum atomic E-state index is 2.66. The van der Waals surface area contributed by atoms with Gasteiger partial charge in [-0.15, -0.1) is 0 Å². The van der Waals surface area contributed by atoms with Gasteiger partial charge in [0.2, 0.25) is 11.5 Å². The third-order valence-corrected chi connectivity index (χ3v) is 11.4. The van der Waals surface area contributed by atoms with Crippen LogP contribution in [0.15, 0.2) is 134 Å². The minimum atomic E-state index is 0.0236. The Labute approximate surface area is 285 Å². The summed E-state index contributed by atoms with van der Waals surface area (Å²) in [6, 6.07) is 48.1. The second-order valence-electron chi connectivity index (χ2n) is 15.1. The van der Waals surface area contributed by atoms with Gasteiger partial charge in [0, 0.05) is 40.4 Å². The van der Waals surface area contributed by atoms with Crippen molar-refractivity contribution in [3.05, 3.63) is 150 Å². The first-order chi connectivity index (χ1) is 23.9. The quantitative estimate of drug-likeness (QED) is 0.169. The summed E-state index contributed by atoms with van der Waals surface area (Å²) in [6.07, 6.45) is 2.36. The maximum Gasteiger partial charge on any atom is 0.325 e. The molecule has 49 heavy (non-hydrogen) atoms. The molecule has 0 spiro atoms. The van der Waals surface area contributed by atoms with Crippen LogP contribution in [-0.4, -0.2) is 9.13 Å². The number of pyridine rings is 2. The van der Waals surface area contributed by atoms with Crippen LogP contribution in [0.3, 0.4) is 0 Å². The molecule has 0 saturated heterocycles. The standard InChI is InChI=1S/C45H36N4/c1-27-17-22-40-47(27)42-41-35-24-29(34-26-30(45(2,3)4)18-19-31(34)28-12-6-5-7-13-28)25-36(41)39-21-20-33-32-14-8-9-16-38(32)48(40)43(33)49(39)44(42)46-23-11-10-15-37(35)46/h5-26,42,44H,1-4H3/q+2. The van der Waals surface area contributed by atoms with E-state index in [9.17, 15) is 0 Å². The summed E-state index contributed by atoms with van der Waals surface area (Å²) in [4.78, 5) is 0. The summed E-state index contributed by atoms with van der Waals surface area (Å²) >= 11 is 0. The highest BCUT2D eigenvalue weighted by atomic mass is 15.4. The fourth-order valence-electron chi connectivity index (χ4n) is 9.22. The van der Waals surface area contributed by atoms with Crippen molar-refractivity contribution in [3.8, 4) is 50.6 Å². The third-order valence-electron chi connectivity index (χ3n) is 11.4. The average Bonchev–Trinajstić information content (AvgIpc) is 3.63. The highest BCUT2D eigenvalue weighted by Crippen LogP contribution is 2.52. The molecule has 0 aliphatic carbocycles. The van der Waals surface area contributed by atoms with E-state index in [1.165, 1.54) is 89.3 Å². The Morgan fingerprint density at radius 2 is 1.39 bits per heavy atom.